The number of methoxy groups -OCH3 is 1. The van der Waals surface area contributed by atoms with Crippen LogP contribution < -0.4 is 10.1 Å². The van der Waals surface area contributed by atoms with Gasteiger partial charge in [0.15, 0.2) is 5.82 Å². The molecule has 0 bridgehead atoms. The summed E-state index contributed by atoms with van der Waals surface area (Å²) in [5, 5.41) is 6.72. The summed E-state index contributed by atoms with van der Waals surface area (Å²) < 4.78 is 10.2. The zero-order valence-electron chi connectivity index (χ0n) is 12.8. The molecule has 1 amide bonds. The Labute approximate surface area is 128 Å². The van der Waals surface area contributed by atoms with E-state index in [-0.39, 0.29) is 17.8 Å². The van der Waals surface area contributed by atoms with Gasteiger partial charge < -0.3 is 14.6 Å². The third kappa shape index (κ3) is 2.95. The first-order valence-electron chi connectivity index (χ1n) is 7.48. The van der Waals surface area contributed by atoms with Gasteiger partial charge in [0.25, 0.3) is 0 Å². The van der Waals surface area contributed by atoms with E-state index in [0.29, 0.717) is 12.2 Å². The van der Waals surface area contributed by atoms with Crippen molar-refractivity contribution in [1.29, 1.82) is 0 Å². The van der Waals surface area contributed by atoms with Crippen LogP contribution in [0.5, 0.6) is 5.75 Å². The van der Waals surface area contributed by atoms with E-state index >= 15 is 0 Å². The van der Waals surface area contributed by atoms with Crippen LogP contribution in [0.4, 0.5) is 0 Å². The van der Waals surface area contributed by atoms with Gasteiger partial charge in [0.1, 0.15) is 5.75 Å². The first-order valence-corrected chi connectivity index (χ1v) is 7.48. The van der Waals surface area contributed by atoms with Gasteiger partial charge in [-0.05, 0) is 42.5 Å². The van der Waals surface area contributed by atoms with Crippen molar-refractivity contribution < 1.29 is 14.1 Å². The molecule has 0 spiro atoms. The number of nitrogens with one attached hydrogen (secondary N) is 1. The number of aromatic nitrogens is 2. The molecule has 0 radical (unpaired) electrons. The summed E-state index contributed by atoms with van der Waals surface area (Å²) in [4.78, 5) is 16.2. The molecule has 6 heteroatoms. The molecule has 1 aliphatic carbocycles. The molecule has 6 nitrogen and oxygen atoms in total. The highest BCUT2D eigenvalue weighted by Gasteiger charge is 2.23. The second kappa shape index (κ2) is 6.17. The lowest BCUT2D eigenvalue weighted by Gasteiger charge is -2.25. The van der Waals surface area contributed by atoms with Crippen molar-refractivity contribution in [3.8, 4) is 5.75 Å². The fraction of sp³-hybridized carbons (Fsp3) is 0.438. The standard InChI is InChI=1S/C16H19N3O3/c1-3-14-18-16(22-19-14)15(20)17-12-6-4-10-5-7-13(21-2)9-11(10)8-12/h5,7,9,12H,3-4,6,8H2,1-2H3,(H,17,20). The molecule has 22 heavy (non-hydrogen) atoms. The van der Waals surface area contributed by atoms with E-state index in [1.807, 2.05) is 19.1 Å². The Morgan fingerprint density at radius 1 is 1.45 bits per heavy atom. The minimum absolute atomic E-state index is 0.0355. The van der Waals surface area contributed by atoms with Gasteiger partial charge in [0, 0.05) is 12.5 Å². The zero-order valence-corrected chi connectivity index (χ0v) is 12.8. The molecule has 0 fully saturated rings. The zero-order chi connectivity index (χ0) is 15.5. The Morgan fingerprint density at radius 3 is 3.05 bits per heavy atom. The Hall–Kier alpha value is -2.37. The molecule has 1 aliphatic rings. The molecule has 1 atom stereocenters. The molecule has 116 valence electrons. The number of nitrogens with zero attached hydrogens (tertiary/aromatic N) is 2. The SMILES string of the molecule is CCc1noc(C(=O)NC2CCc3ccc(OC)cc3C2)n1. The highest BCUT2D eigenvalue weighted by Crippen LogP contribution is 2.25. The van der Waals surface area contributed by atoms with Gasteiger partial charge in [-0.3, -0.25) is 4.79 Å². The predicted molar refractivity (Wildman–Crippen MR) is 79.9 cm³/mol. The van der Waals surface area contributed by atoms with Crippen LogP contribution in [0.2, 0.25) is 0 Å². The summed E-state index contributed by atoms with van der Waals surface area (Å²) in [7, 11) is 1.66. The fourth-order valence-corrected chi connectivity index (χ4v) is 2.72. The van der Waals surface area contributed by atoms with Crippen molar-refractivity contribution in [2.45, 2.75) is 38.6 Å². The molecule has 2 aromatic rings. The topological polar surface area (TPSA) is 77.2 Å². The minimum Gasteiger partial charge on any atom is -0.497 e. The number of hydrogen-bond acceptors (Lipinski definition) is 5. The van der Waals surface area contributed by atoms with Gasteiger partial charge in [0.2, 0.25) is 0 Å². The Morgan fingerprint density at radius 2 is 2.32 bits per heavy atom. The number of benzene rings is 1. The van der Waals surface area contributed by atoms with Crippen molar-refractivity contribution >= 4 is 5.91 Å². The number of aryl methyl sites for hydroxylation is 2. The highest BCUT2D eigenvalue weighted by molar-refractivity contribution is 5.89. The van der Waals surface area contributed by atoms with Gasteiger partial charge in [-0.1, -0.05) is 18.1 Å². The Kier molecular flexibility index (Phi) is 4.09. The van der Waals surface area contributed by atoms with Crippen LogP contribution in [0, 0.1) is 0 Å². The molecule has 1 aromatic heterocycles. The molecule has 0 aliphatic heterocycles. The summed E-state index contributed by atoms with van der Waals surface area (Å²) in [5.41, 5.74) is 2.54. The van der Waals surface area contributed by atoms with Crippen molar-refractivity contribution in [3.05, 3.63) is 41.0 Å². The number of amides is 1. The van der Waals surface area contributed by atoms with Crippen molar-refractivity contribution in [1.82, 2.24) is 15.5 Å². The lowest BCUT2D eigenvalue weighted by atomic mass is 9.88. The third-order valence-electron chi connectivity index (χ3n) is 3.96. The van der Waals surface area contributed by atoms with Crippen LogP contribution in [-0.2, 0) is 19.3 Å². The molecular weight excluding hydrogens is 282 g/mol. The lowest BCUT2D eigenvalue weighted by Crippen LogP contribution is -2.39. The number of carbonyl (C=O) groups excluding carboxylic acids is 1. The maximum Gasteiger partial charge on any atom is 0.315 e. The molecule has 1 aromatic carbocycles. The number of hydrogen-bond donors (Lipinski definition) is 1. The maximum absolute atomic E-state index is 12.1. The average Bonchev–Trinajstić information content (AvgIpc) is 3.03. The van der Waals surface area contributed by atoms with E-state index in [1.54, 1.807) is 7.11 Å². The second-order valence-corrected chi connectivity index (χ2v) is 5.42. The van der Waals surface area contributed by atoms with Crippen LogP contribution in [0.1, 0.15) is 41.0 Å². The van der Waals surface area contributed by atoms with Crippen molar-refractivity contribution in [2.24, 2.45) is 0 Å². The smallest absolute Gasteiger partial charge is 0.315 e. The van der Waals surface area contributed by atoms with Crippen LogP contribution in [0.3, 0.4) is 0 Å². The number of rotatable bonds is 4. The molecule has 3 rings (SSSR count). The summed E-state index contributed by atoms with van der Waals surface area (Å²) in [5.74, 6) is 1.12. The molecule has 0 saturated heterocycles. The maximum atomic E-state index is 12.1. The normalized spacial score (nSPS) is 16.9. The van der Waals surface area contributed by atoms with Gasteiger partial charge in [0.05, 0.1) is 7.11 Å². The van der Waals surface area contributed by atoms with E-state index in [1.165, 1.54) is 11.1 Å². The number of carbonyl (C=O) groups is 1. The lowest BCUT2D eigenvalue weighted by molar-refractivity contribution is 0.0889. The third-order valence-corrected chi connectivity index (χ3v) is 3.96. The van der Waals surface area contributed by atoms with E-state index < -0.39 is 0 Å². The fourth-order valence-electron chi connectivity index (χ4n) is 2.72. The second-order valence-electron chi connectivity index (χ2n) is 5.42. The van der Waals surface area contributed by atoms with Crippen LogP contribution in [0.15, 0.2) is 22.7 Å². The minimum atomic E-state index is -0.302. The number of fused-ring (bicyclic) bond motifs is 1. The average molecular weight is 301 g/mol. The predicted octanol–water partition coefficient (Wildman–Crippen LogP) is 1.93. The Balaban J connectivity index is 1.67. The molecule has 1 heterocycles. The molecule has 1 N–H and O–H groups in total. The van der Waals surface area contributed by atoms with Gasteiger partial charge in [-0.15, -0.1) is 0 Å². The van der Waals surface area contributed by atoms with Gasteiger partial charge in [-0.25, -0.2) is 0 Å². The van der Waals surface area contributed by atoms with Crippen LogP contribution in [0.25, 0.3) is 0 Å². The Bertz CT molecular complexity index is 681. The summed E-state index contributed by atoms with van der Waals surface area (Å²) in [6.45, 7) is 1.91. The van der Waals surface area contributed by atoms with E-state index in [9.17, 15) is 4.79 Å². The monoisotopic (exact) mass is 301 g/mol. The van der Waals surface area contributed by atoms with E-state index in [2.05, 4.69) is 21.5 Å². The summed E-state index contributed by atoms with van der Waals surface area (Å²) in [6.07, 6.45) is 3.27. The highest BCUT2D eigenvalue weighted by atomic mass is 16.5. The number of ether oxygens (including phenoxy) is 1. The van der Waals surface area contributed by atoms with E-state index in [4.69, 9.17) is 9.26 Å². The first kappa shape index (κ1) is 14.6. The molecular formula is C16H19N3O3. The van der Waals surface area contributed by atoms with Crippen molar-refractivity contribution in [2.75, 3.05) is 7.11 Å². The summed E-state index contributed by atoms with van der Waals surface area (Å²) in [6, 6.07) is 6.18. The van der Waals surface area contributed by atoms with Crippen molar-refractivity contribution in [3.63, 3.8) is 0 Å². The van der Waals surface area contributed by atoms with Gasteiger partial charge in [-0.2, -0.15) is 4.98 Å². The van der Waals surface area contributed by atoms with Crippen LogP contribution >= 0.6 is 0 Å². The molecule has 0 saturated carbocycles. The quantitative estimate of drug-likeness (QED) is 0.933. The largest absolute Gasteiger partial charge is 0.497 e. The molecule has 1 unspecified atom stereocenters. The van der Waals surface area contributed by atoms with E-state index in [0.717, 1.165) is 25.0 Å². The first-order chi connectivity index (χ1) is 10.7. The van der Waals surface area contributed by atoms with Crippen LogP contribution in [-0.4, -0.2) is 29.2 Å². The summed E-state index contributed by atoms with van der Waals surface area (Å²) >= 11 is 0. The van der Waals surface area contributed by atoms with Gasteiger partial charge >= 0.3 is 11.8 Å².